The maximum absolute atomic E-state index is 5.70. The van der Waals surface area contributed by atoms with Gasteiger partial charge in [0, 0.05) is 4.47 Å². The summed E-state index contributed by atoms with van der Waals surface area (Å²) in [6.07, 6.45) is 0. The molecule has 0 heterocycles. The van der Waals surface area contributed by atoms with Crippen molar-refractivity contribution < 1.29 is 0 Å². The highest BCUT2D eigenvalue weighted by atomic mass is 79.9. The molecular formula is C6H2BrCl3. The highest BCUT2D eigenvalue weighted by Crippen LogP contribution is 2.31. The molecule has 1 aromatic carbocycles. The Morgan fingerprint density at radius 2 is 1.40 bits per heavy atom. The number of hydrogen-bond donors (Lipinski definition) is 0. The first kappa shape index (κ1) is 8.66. The topological polar surface area (TPSA) is 0 Å². The highest BCUT2D eigenvalue weighted by molar-refractivity contribution is 9.10. The third-order valence-electron chi connectivity index (χ3n) is 0.963. The molecule has 0 aliphatic carbocycles. The molecule has 0 aliphatic heterocycles. The summed E-state index contributed by atoms with van der Waals surface area (Å²) in [5.41, 5.74) is 0. The Balaban J connectivity index is 3.28. The Hall–Kier alpha value is 0.570. The van der Waals surface area contributed by atoms with E-state index in [2.05, 4.69) is 15.9 Å². The lowest BCUT2D eigenvalue weighted by molar-refractivity contribution is 1.65. The van der Waals surface area contributed by atoms with Crippen LogP contribution in [-0.2, 0) is 0 Å². The first-order valence-corrected chi connectivity index (χ1v) is 4.34. The van der Waals surface area contributed by atoms with E-state index in [9.17, 15) is 0 Å². The van der Waals surface area contributed by atoms with E-state index in [4.69, 9.17) is 34.8 Å². The zero-order valence-corrected chi connectivity index (χ0v) is 8.52. The van der Waals surface area contributed by atoms with Crippen molar-refractivity contribution in [3.8, 4) is 0 Å². The van der Waals surface area contributed by atoms with E-state index in [0.717, 1.165) is 4.47 Å². The lowest BCUT2D eigenvalue weighted by Crippen LogP contribution is -1.71. The van der Waals surface area contributed by atoms with Crippen molar-refractivity contribution in [1.29, 1.82) is 0 Å². The van der Waals surface area contributed by atoms with Crippen molar-refractivity contribution >= 4 is 50.7 Å². The fourth-order valence-corrected chi connectivity index (χ4v) is 1.52. The predicted molar refractivity (Wildman–Crippen MR) is 49.2 cm³/mol. The summed E-state index contributed by atoms with van der Waals surface area (Å²) < 4.78 is 0.753. The van der Waals surface area contributed by atoms with Crippen LogP contribution in [0.5, 0.6) is 0 Å². The fraction of sp³-hybridized carbons (Fsp3) is 0. The van der Waals surface area contributed by atoms with E-state index in [1.165, 1.54) is 0 Å². The second kappa shape index (κ2) is 3.31. The van der Waals surface area contributed by atoms with Crippen LogP contribution in [0.15, 0.2) is 16.6 Å². The lowest BCUT2D eigenvalue weighted by atomic mass is 10.4. The van der Waals surface area contributed by atoms with Crippen LogP contribution in [0.1, 0.15) is 0 Å². The van der Waals surface area contributed by atoms with Gasteiger partial charge < -0.3 is 0 Å². The molecule has 1 rings (SSSR count). The molecule has 0 aliphatic rings. The Morgan fingerprint density at radius 3 is 1.90 bits per heavy atom. The van der Waals surface area contributed by atoms with E-state index >= 15 is 0 Å². The molecule has 1 aromatic rings. The SMILES string of the molecule is Clc1cc(Cl)c(Br)cc1Cl. The number of benzene rings is 1. The van der Waals surface area contributed by atoms with Crippen LogP contribution >= 0.6 is 50.7 Å². The van der Waals surface area contributed by atoms with Crippen molar-refractivity contribution in [1.82, 2.24) is 0 Å². The molecule has 0 spiro atoms. The minimum atomic E-state index is 0.467. The average molecular weight is 260 g/mol. The average Bonchev–Trinajstić information content (AvgIpc) is 1.84. The third-order valence-corrected chi connectivity index (χ3v) is 2.88. The fourth-order valence-electron chi connectivity index (χ4n) is 0.498. The molecule has 0 unspecified atom stereocenters. The second-order valence-electron chi connectivity index (χ2n) is 1.68. The summed E-state index contributed by atoms with van der Waals surface area (Å²) in [5, 5.41) is 1.53. The Kier molecular flexibility index (Phi) is 2.87. The highest BCUT2D eigenvalue weighted by Gasteiger charge is 2.01. The molecule has 0 bridgehead atoms. The number of hydrogen-bond acceptors (Lipinski definition) is 0. The van der Waals surface area contributed by atoms with Crippen LogP contribution in [0.4, 0.5) is 0 Å². The van der Waals surface area contributed by atoms with Crippen LogP contribution in [0.3, 0.4) is 0 Å². The zero-order chi connectivity index (χ0) is 7.72. The normalized spacial score (nSPS) is 10.0. The first-order valence-electron chi connectivity index (χ1n) is 2.41. The van der Waals surface area contributed by atoms with Gasteiger partial charge in [0.05, 0.1) is 15.1 Å². The molecule has 0 atom stereocenters. The molecule has 0 aromatic heterocycles. The Bertz CT molecular complexity index is 209. The molecule has 0 saturated carbocycles. The monoisotopic (exact) mass is 258 g/mol. The Morgan fingerprint density at radius 1 is 0.900 bits per heavy atom. The van der Waals surface area contributed by atoms with Gasteiger partial charge in [0.1, 0.15) is 0 Å². The van der Waals surface area contributed by atoms with Gasteiger partial charge in [-0.3, -0.25) is 0 Å². The van der Waals surface area contributed by atoms with Crippen LogP contribution in [-0.4, -0.2) is 0 Å². The van der Waals surface area contributed by atoms with Gasteiger partial charge in [0.25, 0.3) is 0 Å². The van der Waals surface area contributed by atoms with E-state index in [1.54, 1.807) is 12.1 Å². The molecule has 54 valence electrons. The summed E-state index contributed by atoms with van der Waals surface area (Å²) >= 11 is 20.2. The van der Waals surface area contributed by atoms with E-state index < -0.39 is 0 Å². The molecule has 0 nitrogen and oxygen atoms in total. The summed E-state index contributed by atoms with van der Waals surface area (Å²) in [6, 6.07) is 3.25. The van der Waals surface area contributed by atoms with Gasteiger partial charge in [-0.25, -0.2) is 0 Å². The molecule has 0 amide bonds. The number of halogens is 4. The van der Waals surface area contributed by atoms with Gasteiger partial charge in [-0.2, -0.15) is 0 Å². The number of rotatable bonds is 0. The maximum Gasteiger partial charge on any atom is 0.0607 e. The van der Waals surface area contributed by atoms with Gasteiger partial charge in [0.2, 0.25) is 0 Å². The van der Waals surface area contributed by atoms with Crippen molar-refractivity contribution in [2.45, 2.75) is 0 Å². The van der Waals surface area contributed by atoms with Crippen molar-refractivity contribution in [3.05, 3.63) is 31.7 Å². The summed E-state index contributed by atoms with van der Waals surface area (Å²) in [6.45, 7) is 0. The van der Waals surface area contributed by atoms with Crippen LogP contribution in [0.2, 0.25) is 15.1 Å². The molecule has 0 fully saturated rings. The summed E-state index contributed by atoms with van der Waals surface area (Å²) in [5.74, 6) is 0. The first-order chi connectivity index (χ1) is 4.61. The molecule has 10 heavy (non-hydrogen) atoms. The largest absolute Gasteiger partial charge is 0.0831 e. The summed E-state index contributed by atoms with van der Waals surface area (Å²) in [7, 11) is 0. The van der Waals surface area contributed by atoms with E-state index in [-0.39, 0.29) is 0 Å². The molecule has 0 N–H and O–H groups in total. The Labute approximate surface area is 82.2 Å². The zero-order valence-electron chi connectivity index (χ0n) is 4.67. The standard InChI is InChI=1S/C6H2BrCl3/c7-3-1-5(9)6(10)2-4(3)8/h1-2H. The van der Waals surface area contributed by atoms with Crippen molar-refractivity contribution in [3.63, 3.8) is 0 Å². The van der Waals surface area contributed by atoms with E-state index in [0.29, 0.717) is 15.1 Å². The third kappa shape index (κ3) is 1.79. The molecule has 0 saturated heterocycles. The van der Waals surface area contributed by atoms with Crippen molar-refractivity contribution in [2.75, 3.05) is 0 Å². The van der Waals surface area contributed by atoms with E-state index in [1.807, 2.05) is 0 Å². The quantitative estimate of drug-likeness (QED) is 0.606. The molecular weight excluding hydrogens is 258 g/mol. The van der Waals surface area contributed by atoms with Gasteiger partial charge in [0.15, 0.2) is 0 Å². The van der Waals surface area contributed by atoms with Crippen molar-refractivity contribution in [2.24, 2.45) is 0 Å². The van der Waals surface area contributed by atoms with Gasteiger partial charge >= 0.3 is 0 Å². The second-order valence-corrected chi connectivity index (χ2v) is 3.76. The molecule has 0 radical (unpaired) electrons. The molecule has 4 heteroatoms. The lowest BCUT2D eigenvalue weighted by Gasteiger charge is -1.97. The predicted octanol–water partition coefficient (Wildman–Crippen LogP) is 4.41. The van der Waals surface area contributed by atoms with Gasteiger partial charge in [-0.1, -0.05) is 34.8 Å². The van der Waals surface area contributed by atoms with Gasteiger partial charge in [-0.15, -0.1) is 0 Å². The van der Waals surface area contributed by atoms with Crippen LogP contribution in [0.25, 0.3) is 0 Å². The smallest absolute Gasteiger partial charge is 0.0607 e. The minimum Gasteiger partial charge on any atom is -0.0831 e. The van der Waals surface area contributed by atoms with Crippen LogP contribution in [0, 0.1) is 0 Å². The minimum absolute atomic E-state index is 0.467. The maximum atomic E-state index is 5.70. The van der Waals surface area contributed by atoms with Crippen LogP contribution < -0.4 is 0 Å². The van der Waals surface area contributed by atoms with Gasteiger partial charge in [-0.05, 0) is 28.1 Å². The summed E-state index contributed by atoms with van der Waals surface area (Å²) in [4.78, 5) is 0.